The van der Waals surface area contributed by atoms with Gasteiger partial charge >= 0.3 is 5.97 Å². The van der Waals surface area contributed by atoms with E-state index in [0.717, 1.165) is 33.0 Å². The molecule has 0 radical (unpaired) electrons. The van der Waals surface area contributed by atoms with E-state index in [1.54, 1.807) is 4.90 Å². The van der Waals surface area contributed by atoms with Crippen molar-refractivity contribution in [2.24, 2.45) is 0 Å². The molecule has 0 fully saturated rings. The molecule has 4 nitrogen and oxygen atoms in total. The van der Waals surface area contributed by atoms with Crippen molar-refractivity contribution in [2.75, 3.05) is 7.11 Å². The van der Waals surface area contributed by atoms with Gasteiger partial charge in [0.15, 0.2) is 0 Å². The Morgan fingerprint density at radius 2 is 1.61 bits per heavy atom. The van der Waals surface area contributed by atoms with Gasteiger partial charge in [0.25, 0.3) is 5.91 Å². The third-order valence-electron chi connectivity index (χ3n) is 5.80. The van der Waals surface area contributed by atoms with E-state index in [0.29, 0.717) is 24.2 Å². The Bertz CT molecular complexity index is 1300. The Morgan fingerprint density at radius 1 is 0.903 bits per heavy atom. The molecule has 4 heteroatoms. The molecular weight excluding hydrogens is 386 g/mol. The minimum absolute atomic E-state index is 0.133. The zero-order valence-electron chi connectivity index (χ0n) is 17.2. The molecule has 0 atom stereocenters. The Morgan fingerprint density at radius 3 is 2.32 bits per heavy atom. The molecule has 1 aliphatic heterocycles. The quantitative estimate of drug-likeness (QED) is 0.423. The molecule has 4 aromatic carbocycles. The maximum atomic E-state index is 13.4. The highest BCUT2D eigenvalue weighted by Crippen LogP contribution is 2.35. The predicted molar refractivity (Wildman–Crippen MR) is 121 cm³/mol. The normalized spacial score (nSPS) is 12.8. The topological polar surface area (TPSA) is 46.6 Å². The molecule has 0 aromatic heterocycles. The number of carbonyl (C=O) groups excluding carboxylic acids is 2. The van der Waals surface area contributed by atoms with Gasteiger partial charge in [-0.25, -0.2) is 4.79 Å². The second-order valence-electron chi connectivity index (χ2n) is 7.73. The van der Waals surface area contributed by atoms with E-state index in [4.69, 9.17) is 4.74 Å². The minimum atomic E-state index is -0.484. The molecule has 1 amide bonds. The Balaban J connectivity index is 1.65. The molecule has 5 rings (SSSR count). The maximum absolute atomic E-state index is 13.4. The fourth-order valence-corrected chi connectivity index (χ4v) is 4.31. The number of rotatable bonds is 4. The summed E-state index contributed by atoms with van der Waals surface area (Å²) in [6.07, 6.45) is 0. The van der Waals surface area contributed by atoms with E-state index < -0.39 is 5.97 Å². The van der Waals surface area contributed by atoms with Crippen molar-refractivity contribution >= 4 is 22.6 Å². The molecule has 0 saturated carbocycles. The molecule has 0 unspecified atom stereocenters. The number of fused-ring (bicyclic) bond motifs is 2. The number of hydrogen-bond donors (Lipinski definition) is 0. The summed E-state index contributed by atoms with van der Waals surface area (Å²) in [6.45, 7) is 0.976. The van der Waals surface area contributed by atoms with E-state index >= 15 is 0 Å². The van der Waals surface area contributed by atoms with Crippen LogP contribution < -0.4 is 0 Å². The molecule has 31 heavy (non-hydrogen) atoms. The number of esters is 1. The summed E-state index contributed by atoms with van der Waals surface area (Å²) in [6, 6.07) is 27.9. The van der Waals surface area contributed by atoms with Crippen LogP contribution in [0.2, 0.25) is 0 Å². The monoisotopic (exact) mass is 407 g/mol. The van der Waals surface area contributed by atoms with Gasteiger partial charge in [0.05, 0.1) is 18.2 Å². The van der Waals surface area contributed by atoms with Crippen LogP contribution in [0.3, 0.4) is 0 Å². The summed E-state index contributed by atoms with van der Waals surface area (Å²) in [7, 11) is 1.36. The summed E-state index contributed by atoms with van der Waals surface area (Å²) in [4.78, 5) is 28.0. The summed E-state index contributed by atoms with van der Waals surface area (Å²) >= 11 is 0. The zero-order chi connectivity index (χ0) is 21.4. The van der Waals surface area contributed by atoms with Gasteiger partial charge in [0, 0.05) is 13.1 Å². The number of carbonyl (C=O) groups is 2. The van der Waals surface area contributed by atoms with Crippen LogP contribution in [0.25, 0.3) is 21.9 Å². The first kappa shape index (κ1) is 19.1. The summed E-state index contributed by atoms with van der Waals surface area (Å²) in [5.74, 6) is -0.617. The molecule has 1 heterocycles. The van der Waals surface area contributed by atoms with Gasteiger partial charge in [-0.15, -0.1) is 0 Å². The number of ether oxygens (including phenoxy) is 1. The van der Waals surface area contributed by atoms with Crippen LogP contribution in [0.1, 0.15) is 31.8 Å². The first-order valence-corrected chi connectivity index (χ1v) is 10.2. The van der Waals surface area contributed by atoms with E-state index in [1.807, 2.05) is 84.9 Å². The fraction of sp³-hybridized carbons (Fsp3) is 0.111. The highest BCUT2D eigenvalue weighted by molar-refractivity contribution is 6.16. The summed E-state index contributed by atoms with van der Waals surface area (Å²) in [5, 5.41) is 1.66. The van der Waals surface area contributed by atoms with Crippen LogP contribution in [-0.4, -0.2) is 23.9 Å². The number of amides is 1. The van der Waals surface area contributed by atoms with Crippen LogP contribution >= 0.6 is 0 Å². The Hall–Kier alpha value is -3.92. The van der Waals surface area contributed by atoms with Crippen molar-refractivity contribution < 1.29 is 14.3 Å². The highest BCUT2D eigenvalue weighted by atomic mass is 16.5. The molecular formula is C27H21NO3. The van der Waals surface area contributed by atoms with Crippen LogP contribution in [0.4, 0.5) is 0 Å². The molecule has 0 saturated heterocycles. The van der Waals surface area contributed by atoms with Gasteiger partial charge in [0.1, 0.15) is 0 Å². The van der Waals surface area contributed by atoms with Gasteiger partial charge in [-0.3, -0.25) is 4.79 Å². The lowest BCUT2D eigenvalue weighted by Gasteiger charge is -2.15. The van der Waals surface area contributed by atoms with Crippen molar-refractivity contribution in [1.82, 2.24) is 4.90 Å². The Kier molecular flexibility index (Phi) is 4.75. The molecule has 1 aliphatic rings. The van der Waals surface area contributed by atoms with Crippen molar-refractivity contribution in [3.05, 3.63) is 107 Å². The van der Waals surface area contributed by atoms with Crippen LogP contribution in [0.5, 0.6) is 0 Å². The van der Waals surface area contributed by atoms with E-state index in [-0.39, 0.29) is 5.91 Å². The van der Waals surface area contributed by atoms with Crippen molar-refractivity contribution in [3.63, 3.8) is 0 Å². The third kappa shape index (κ3) is 3.36. The van der Waals surface area contributed by atoms with Gasteiger partial charge in [0.2, 0.25) is 0 Å². The van der Waals surface area contributed by atoms with E-state index in [2.05, 4.69) is 0 Å². The average molecular weight is 407 g/mol. The largest absolute Gasteiger partial charge is 0.465 e. The zero-order valence-corrected chi connectivity index (χ0v) is 17.2. The second kappa shape index (κ2) is 7.73. The summed E-state index contributed by atoms with van der Waals surface area (Å²) in [5.41, 5.74) is 4.77. The highest BCUT2D eigenvalue weighted by Gasteiger charge is 2.34. The first-order chi connectivity index (χ1) is 15.2. The predicted octanol–water partition coefficient (Wildman–Crippen LogP) is 5.45. The lowest BCUT2D eigenvalue weighted by molar-refractivity contribution is 0.0595. The average Bonchev–Trinajstić information content (AvgIpc) is 3.12. The maximum Gasteiger partial charge on any atom is 0.339 e. The van der Waals surface area contributed by atoms with Crippen LogP contribution in [-0.2, 0) is 17.8 Å². The standard InChI is InChI=1S/C27H21NO3/c1-31-27(30)25-23-15-20(19-10-6-3-7-11-19)12-13-21(23)14-22-17-28(26(29)24(22)25)16-18-8-4-2-5-9-18/h2-15H,16-17H2,1H3. The van der Waals surface area contributed by atoms with Crippen molar-refractivity contribution in [2.45, 2.75) is 13.1 Å². The van der Waals surface area contributed by atoms with Crippen LogP contribution in [0.15, 0.2) is 84.9 Å². The minimum Gasteiger partial charge on any atom is -0.465 e. The number of hydrogen-bond acceptors (Lipinski definition) is 3. The van der Waals surface area contributed by atoms with E-state index in [9.17, 15) is 9.59 Å². The molecule has 152 valence electrons. The smallest absolute Gasteiger partial charge is 0.339 e. The molecule has 0 aliphatic carbocycles. The third-order valence-corrected chi connectivity index (χ3v) is 5.80. The second-order valence-corrected chi connectivity index (χ2v) is 7.73. The first-order valence-electron chi connectivity index (χ1n) is 10.2. The van der Waals surface area contributed by atoms with Crippen LogP contribution in [0, 0.1) is 0 Å². The number of methoxy groups -OCH3 is 1. The fourth-order valence-electron chi connectivity index (χ4n) is 4.31. The Labute approximate surface area is 180 Å². The lowest BCUT2D eigenvalue weighted by atomic mass is 9.92. The van der Waals surface area contributed by atoms with Crippen molar-refractivity contribution in [3.8, 4) is 11.1 Å². The molecule has 0 N–H and O–H groups in total. The van der Waals surface area contributed by atoms with Gasteiger partial charge in [-0.05, 0) is 45.2 Å². The molecule has 0 spiro atoms. The molecule has 4 aromatic rings. The summed E-state index contributed by atoms with van der Waals surface area (Å²) < 4.78 is 5.11. The van der Waals surface area contributed by atoms with Gasteiger partial charge in [-0.1, -0.05) is 72.8 Å². The number of benzene rings is 4. The van der Waals surface area contributed by atoms with Crippen molar-refractivity contribution in [1.29, 1.82) is 0 Å². The molecule has 0 bridgehead atoms. The SMILES string of the molecule is COC(=O)c1c2c(cc3ccc(-c4ccccc4)cc13)CN(Cc1ccccc1)C2=O. The number of nitrogens with zero attached hydrogens (tertiary/aromatic N) is 1. The lowest BCUT2D eigenvalue weighted by Crippen LogP contribution is -2.24. The van der Waals surface area contributed by atoms with E-state index in [1.165, 1.54) is 7.11 Å². The van der Waals surface area contributed by atoms with Gasteiger partial charge < -0.3 is 9.64 Å². The van der Waals surface area contributed by atoms with Gasteiger partial charge in [-0.2, -0.15) is 0 Å².